The van der Waals surface area contributed by atoms with Gasteiger partial charge in [-0.3, -0.25) is 19.3 Å². The lowest BCUT2D eigenvalue weighted by molar-refractivity contribution is -0.131. The highest BCUT2D eigenvalue weighted by Gasteiger charge is 2.37. The molecule has 0 spiro atoms. The fourth-order valence-electron chi connectivity index (χ4n) is 3.25. The van der Waals surface area contributed by atoms with E-state index in [1.165, 1.54) is 12.1 Å². The Balaban J connectivity index is 1.39. The van der Waals surface area contributed by atoms with E-state index in [0.717, 1.165) is 4.90 Å². The minimum absolute atomic E-state index is 0.242. The van der Waals surface area contributed by atoms with Crippen molar-refractivity contribution in [2.24, 2.45) is 0 Å². The smallest absolute Gasteiger partial charge is 0.262 e. The molecule has 2 aliphatic rings. The first-order valence-electron chi connectivity index (χ1n) is 8.50. The molecule has 0 atom stereocenters. The second-order valence-corrected chi connectivity index (χ2v) is 6.74. The zero-order valence-corrected chi connectivity index (χ0v) is 15.1. The van der Waals surface area contributed by atoms with Crippen LogP contribution in [0.4, 0.5) is 5.95 Å². The molecule has 0 unspecified atom stereocenters. The van der Waals surface area contributed by atoms with E-state index in [2.05, 4.69) is 9.97 Å². The van der Waals surface area contributed by atoms with Gasteiger partial charge in [-0.15, -0.1) is 0 Å². The number of piperazine rings is 1. The Morgan fingerprint density at radius 3 is 2.37 bits per heavy atom. The Labute approximate surface area is 160 Å². The number of imide groups is 1. The molecule has 3 amide bonds. The van der Waals surface area contributed by atoms with E-state index in [-0.39, 0.29) is 23.6 Å². The molecule has 0 radical (unpaired) electrons. The summed E-state index contributed by atoms with van der Waals surface area (Å²) in [5.41, 5.74) is 0.523. The van der Waals surface area contributed by atoms with Crippen LogP contribution in [-0.4, -0.2) is 70.2 Å². The van der Waals surface area contributed by atoms with Crippen LogP contribution in [0.3, 0.4) is 0 Å². The predicted octanol–water partition coefficient (Wildman–Crippen LogP) is 1.07. The van der Waals surface area contributed by atoms with E-state index >= 15 is 0 Å². The average molecular weight is 386 g/mol. The summed E-state index contributed by atoms with van der Waals surface area (Å²) in [6, 6.07) is 6.28. The maximum Gasteiger partial charge on any atom is 0.262 e. The summed E-state index contributed by atoms with van der Waals surface area (Å²) in [5.74, 6) is -0.579. The molecule has 0 aliphatic carbocycles. The van der Waals surface area contributed by atoms with Crippen LogP contribution in [0.2, 0.25) is 5.02 Å². The summed E-state index contributed by atoms with van der Waals surface area (Å²) in [6.45, 7) is 1.87. The monoisotopic (exact) mass is 385 g/mol. The molecule has 0 bridgehead atoms. The van der Waals surface area contributed by atoms with Gasteiger partial charge in [0, 0.05) is 43.6 Å². The Kier molecular flexibility index (Phi) is 4.49. The van der Waals surface area contributed by atoms with Crippen molar-refractivity contribution in [3.8, 4) is 0 Å². The average Bonchev–Trinajstić information content (AvgIpc) is 2.93. The van der Waals surface area contributed by atoms with Crippen LogP contribution in [0.15, 0.2) is 36.7 Å². The number of rotatable bonds is 3. The first kappa shape index (κ1) is 17.4. The molecule has 0 N–H and O–H groups in total. The van der Waals surface area contributed by atoms with Gasteiger partial charge in [-0.2, -0.15) is 0 Å². The van der Waals surface area contributed by atoms with Gasteiger partial charge in [0.15, 0.2) is 0 Å². The van der Waals surface area contributed by atoms with Crippen molar-refractivity contribution < 1.29 is 14.4 Å². The van der Waals surface area contributed by atoms with Crippen LogP contribution < -0.4 is 4.90 Å². The van der Waals surface area contributed by atoms with E-state index in [4.69, 9.17) is 11.6 Å². The van der Waals surface area contributed by atoms with Gasteiger partial charge in [0.1, 0.15) is 6.54 Å². The Morgan fingerprint density at radius 2 is 1.67 bits per heavy atom. The molecule has 2 aliphatic heterocycles. The fraction of sp³-hybridized carbons (Fsp3) is 0.278. The van der Waals surface area contributed by atoms with Crippen molar-refractivity contribution in [2.75, 3.05) is 37.6 Å². The number of hydrogen-bond acceptors (Lipinski definition) is 6. The number of halogens is 1. The Hall–Kier alpha value is -3.00. The zero-order valence-electron chi connectivity index (χ0n) is 14.3. The van der Waals surface area contributed by atoms with Crippen molar-refractivity contribution in [2.45, 2.75) is 0 Å². The van der Waals surface area contributed by atoms with Crippen LogP contribution in [0.5, 0.6) is 0 Å². The molecule has 4 rings (SSSR count). The third kappa shape index (κ3) is 3.23. The third-order valence-corrected chi connectivity index (χ3v) is 4.93. The highest BCUT2D eigenvalue weighted by atomic mass is 35.5. The van der Waals surface area contributed by atoms with Gasteiger partial charge in [-0.25, -0.2) is 9.97 Å². The number of anilines is 1. The van der Waals surface area contributed by atoms with Gasteiger partial charge in [0.05, 0.1) is 11.1 Å². The molecule has 1 aromatic heterocycles. The number of hydrogen-bond donors (Lipinski definition) is 0. The third-order valence-electron chi connectivity index (χ3n) is 4.69. The van der Waals surface area contributed by atoms with E-state index in [9.17, 15) is 14.4 Å². The second-order valence-electron chi connectivity index (χ2n) is 6.30. The van der Waals surface area contributed by atoms with E-state index < -0.39 is 11.8 Å². The minimum Gasteiger partial charge on any atom is -0.338 e. The molecular weight excluding hydrogens is 370 g/mol. The number of nitrogens with zero attached hydrogens (tertiary/aromatic N) is 5. The maximum atomic E-state index is 12.6. The molecule has 8 nitrogen and oxygen atoms in total. The van der Waals surface area contributed by atoms with Gasteiger partial charge >= 0.3 is 0 Å². The van der Waals surface area contributed by atoms with Crippen molar-refractivity contribution in [3.05, 3.63) is 52.8 Å². The van der Waals surface area contributed by atoms with Crippen LogP contribution in [0.1, 0.15) is 20.7 Å². The molecule has 3 heterocycles. The highest BCUT2D eigenvalue weighted by Crippen LogP contribution is 2.25. The minimum atomic E-state index is -0.484. The van der Waals surface area contributed by atoms with Gasteiger partial charge in [0.25, 0.3) is 11.8 Å². The van der Waals surface area contributed by atoms with Crippen LogP contribution in [0.25, 0.3) is 0 Å². The predicted molar refractivity (Wildman–Crippen MR) is 97.6 cm³/mol. The lowest BCUT2D eigenvalue weighted by atomic mass is 10.1. The first-order valence-corrected chi connectivity index (χ1v) is 8.88. The summed E-state index contributed by atoms with van der Waals surface area (Å²) >= 11 is 5.90. The molecule has 1 aromatic carbocycles. The quantitative estimate of drug-likeness (QED) is 0.735. The largest absolute Gasteiger partial charge is 0.338 e. The van der Waals surface area contributed by atoms with Crippen LogP contribution in [-0.2, 0) is 4.79 Å². The van der Waals surface area contributed by atoms with E-state index in [1.807, 2.05) is 4.90 Å². The number of amides is 3. The van der Waals surface area contributed by atoms with Gasteiger partial charge in [-0.05, 0) is 24.3 Å². The van der Waals surface area contributed by atoms with Gasteiger partial charge < -0.3 is 9.80 Å². The van der Waals surface area contributed by atoms with Crippen molar-refractivity contribution >= 4 is 35.3 Å². The SMILES string of the molecule is O=C(CN1C(=O)c2ccc(Cl)cc2C1=O)N1CCN(c2ncccn2)CC1. The lowest BCUT2D eigenvalue weighted by Crippen LogP contribution is -2.52. The molecule has 0 saturated carbocycles. The topological polar surface area (TPSA) is 86.7 Å². The molecule has 1 saturated heterocycles. The number of aromatic nitrogens is 2. The molecule has 27 heavy (non-hydrogen) atoms. The molecule has 2 aromatic rings. The maximum absolute atomic E-state index is 12.6. The number of benzene rings is 1. The summed E-state index contributed by atoms with van der Waals surface area (Å²) in [7, 11) is 0. The van der Waals surface area contributed by atoms with Crippen molar-refractivity contribution in [1.82, 2.24) is 19.8 Å². The van der Waals surface area contributed by atoms with Crippen molar-refractivity contribution in [1.29, 1.82) is 0 Å². The molecule has 138 valence electrons. The van der Waals surface area contributed by atoms with Gasteiger partial charge in [0.2, 0.25) is 11.9 Å². The Bertz CT molecular complexity index is 912. The van der Waals surface area contributed by atoms with Crippen molar-refractivity contribution in [3.63, 3.8) is 0 Å². The number of carbonyl (C=O) groups is 3. The zero-order chi connectivity index (χ0) is 19.0. The number of carbonyl (C=O) groups excluding carboxylic acids is 3. The summed E-state index contributed by atoms with van der Waals surface area (Å²) in [5, 5.41) is 0.377. The second kappa shape index (κ2) is 6.96. The lowest BCUT2D eigenvalue weighted by Gasteiger charge is -2.35. The van der Waals surface area contributed by atoms with Crippen LogP contribution >= 0.6 is 11.6 Å². The standard InChI is InChI=1S/C18H16ClN5O3/c19-12-2-3-13-14(10-12)17(27)24(16(13)26)11-15(25)22-6-8-23(9-7-22)18-20-4-1-5-21-18/h1-5,10H,6-9,11H2. The van der Waals surface area contributed by atoms with E-state index in [1.54, 1.807) is 29.4 Å². The van der Waals surface area contributed by atoms with E-state index in [0.29, 0.717) is 37.1 Å². The summed E-state index contributed by atoms with van der Waals surface area (Å²) in [6.07, 6.45) is 3.35. The normalized spacial score (nSPS) is 16.7. The number of fused-ring (bicyclic) bond motifs is 1. The Morgan fingerprint density at radius 1 is 1.00 bits per heavy atom. The van der Waals surface area contributed by atoms with Gasteiger partial charge in [-0.1, -0.05) is 11.6 Å². The first-order chi connectivity index (χ1) is 13.0. The van der Waals surface area contributed by atoms with Crippen LogP contribution in [0, 0.1) is 0 Å². The summed E-state index contributed by atoms with van der Waals surface area (Å²) in [4.78, 5) is 50.6. The molecular formula is C18H16ClN5O3. The summed E-state index contributed by atoms with van der Waals surface area (Å²) < 4.78 is 0. The highest BCUT2D eigenvalue weighted by molar-refractivity contribution is 6.32. The fourth-order valence-corrected chi connectivity index (χ4v) is 3.42. The molecule has 1 fully saturated rings. The molecule has 9 heteroatoms.